The zero-order chi connectivity index (χ0) is 9.84. The Labute approximate surface area is 86.5 Å². The first kappa shape index (κ1) is 10.9. The van der Waals surface area contributed by atoms with Crippen molar-refractivity contribution in [3.8, 4) is 0 Å². The molecular formula is C10H20N2S. The smallest absolute Gasteiger partial charge is 0.0899 e. The summed E-state index contributed by atoms with van der Waals surface area (Å²) < 4.78 is 0. The van der Waals surface area contributed by atoms with Gasteiger partial charge in [-0.25, -0.2) is 0 Å². The summed E-state index contributed by atoms with van der Waals surface area (Å²) in [6, 6.07) is 0.990. The van der Waals surface area contributed by atoms with Crippen LogP contribution in [0.15, 0.2) is 0 Å². The minimum atomic E-state index is 0.267. The van der Waals surface area contributed by atoms with Gasteiger partial charge in [-0.15, -0.1) is 0 Å². The highest BCUT2D eigenvalue weighted by atomic mass is 32.1. The third kappa shape index (κ3) is 2.64. The minimum Gasteiger partial charge on any atom is -0.392 e. The monoisotopic (exact) mass is 200 g/mol. The van der Waals surface area contributed by atoms with Gasteiger partial charge in [0.25, 0.3) is 0 Å². The summed E-state index contributed by atoms with van der Waals surface area (Å²) in [7, 11) is 0. The molecule has 0 heterocycles. The van der Waals surface area contributed by atoms with Crippen molar-refractivity contribution in [1.29, 1.82) is 0 Å². The molecule has 0 saturated heterocycles. The van der Waals surface area contributed by atoms with Gasteiger partial charge in [-0.1, -0.05) is 32.0 Å². The molecule has 1 atom stereocenters. The van der Waals surface area contributed by atoms with Gasteiger partial charge in [0, 0.05) is 6.04 Å². The van der Waals surface area contributed by atoms with Crippen molar-refractivity contribution in [3.05, 3.63) is 0 Å². The van der Waals surface area contributed by atoms with Crippen LogP contribution in [0.4, 0.5) is 0 Å². The number of hydrogen-bond acceptors (Lipinski definition) is 2. The third-order valence-corrected chi connectivity index (χ3v) is 3.41. The van der Waals surface area contributed by atoms with Crippen LogP contribution < -0.4 is 5.73 Å². The minimum absolute atomic E-state index is 0.267. The lowest BCUT2D eigenvalue weighted by Gasteiger charge is -2.32. The zero-order valence-electron chi connectivity index (χ0n) is 8.62. The summed E-state index contributed by atoms with van der Waals surface area (Å²) >= 11 is 5.03. The number of rotatable bonds is 4. The fourth-order valence-electron chi connectivity index (χ4n) is 2.25. The van der Waals surface area contributed by atoms with Gasteiger partial charge in [-0.3, -0.25) is 4.90 Å². The van der Waals surface area contributed by atoms with E-state index in [-0.39, 0.29) is 6.04 Å². The highest BCUT2D eigenvalue weighted by Gasteiger charge is 2.25. The van der Waals surface area contributed by atoms with Crippen molar-refractivity contribution in [2.45, 2.75) is 51.6 Å². The van der Waals surface area contributed by atoms with E-state index in [0.717, 1.165) is 12.6 Å². The molecule has 0 amide bonds. The molecule has 2 N–H and O–H groups in total. The van der Waals surface area contributed by atoms with E-state index in [9.17, 15) is 0 Å². The molecule has 13 heavy (non-hydrogen) atoms. The molecule has 0 bridgehead atoms. The fraction of sp³-hybridized carbons (Fsp3) is 0.900. The Morgan fingerprint density at radius 3 is 2.46 bits per heavy atom. The summed E-state index contributed by atoms with van der Waals surface area (Å²) in [5.41, 5.74) is 5.67. The lowest BCUT2D eigenvalue weighted by Crippen LogP contribution is -2.46. The molecule has 76 valence electrons. The third-order valence-electron chi connectivity index (χ3n) is 3.07. The number of nitrogens with two attached hydrogens (primary N) is 1. The number of hydrogen-bond donors (Lipinski definition) is 1. The molecule has 0 aromatic rings. The first-order chi connectivity index (χ1) is 6.16. The van der Waals surface area contributed by atoms with E-state index < -0.39 is 0 Å². The predicted octanol–water partition coefficient (Wildman–Crippen LogP) is 1.93. The summed E-state index contributed by atoms with van der Waals surface area (Å²) in [5, 5.41) is 0. The Balaban J connectivity index is 2.54. The topological polar surface area (TPSA) is 29.3 Å². The molecule has 0 aromatic carbocycles. The van der Waals surface area contributed by atoms with Gasteiger partial charge in [0.2, 0.25) is 0 Å². The molecule has 1 aliphatic rings. The maximum Gasteiger partial charge on any atom is 0.0899 e. The van der Waals surface area contributed by atoms with E-state index in [1.807, 2.05) is 0 Å². The average Bonchev–Trinajstić information content (AvgIpc) is 2.58. The lowest BCUT2D eigenvalue weighted by atomic mass is 10.1. The van der Waals surface area contributed by atoms with Crippen molar-refractivity contribution in [2.75, 3.05) is 6.54 Å². The maximum absolute atomic E-state index is 5.67. The molecule has 1 fully saturated rings. The fourth-order valence-corrected chi connectivity index (χ4v) is 2.38. The highest BCUT2D eigenvalue weighted by Crippen LogP contribution is 2.24. The largest absolute Gasteiger partial charge is 0.392 e. The van der Waals surface area contributed by atoms with Crippen LogP contribution in [0.3, 0.4) is 0 Å². The molecule has 1 aliphatic carbocycles. The van der Waals surface area contributed by atoms with E-state index in [0.29, 0.717) is 4.99 Å². The van der Waals surface area contributed by atoms with Gasteiger partial charge in [0.05, 0.1) is 11.0 Å². The van der Waals surface area contributed by atoms with E-state index in [4.69, 9.17) is 18.0 Å². The van der Waals surface area contributed by atoms with Crippen LogP contribution in [0.2, 0.25) is 0 Å². The summed E-state index contributed by atoms with van der Waals surface area (Å²) in [6.07, 6.45) is 5.37. The molecule has 2 nitrogen and oxygen atoms in total. The number of thiocarbonyl (C=S) groups is 1. The average molecular weight is 200 g/mol. The molecular weight excluding hydrogens is 180 g/mol. The van der Waals surface area contributed by atoms with Gasteiger partial charge in [0.15, 0.2) is 0 Å². The highest BCUT2D eigenvalue weighted by molar-refractivity contribution is 7.80. The van der Waals surface area contributed by atoms with Gasteiger partial charge in [-0.05, 0) is 26.3 Å². The second kappa shape index (κ2) is 4.91. The summed E-state index contributed by atoms with van der Waals surface area (Å²) in [4.78, 5) is 3.07. The van der Waals surface area contributed by atoms with Crippen molar-refractivity contribution in [2.24, 2.45) is 5.73 Å². The summed E-state index contributed by atoms with van der Waals surface area (Å²) in [5.74, 6) is 0. The Morgan fingerprint density at radius 1 is 1.54 bits per heavy atom. The van der Waals surface area contributed by atoms with E-state index in [2.05, 4.69) is 18.7 Å². The van der Waals surface area contributed by atoms with Gasteiger partial charge in [0.1, 0.15) is 0 Å². The molecule has 0 spiro atoms. The first-order valence-corrected chi connectivity index (χ1v) is 5.62. The second-order valence-electron chi connectivity index (χ2n) is 3.85. The van der Waals surface area contributed by atoms with Crippen LogP contribution in [0, 0.1) is 0 Å². The van der Waals surface area contributed by atoms with Crippen molar-refractivity contribution < 1.29 is 0 Å². The van der Waals surface area contributed by atoms with Crippen LogP contribution >= 0.6 is 12.2 Å². The molecule has 1 unspecified atom stereocenters. The Morgan fingerprint density at radius 2 is 2.08 bits per heavy atom. The zero-order valence-corrected chi connectivity index (χ0v) is 9.44. The second-order valence-corrected chi connectivity index (χ2v) is 4.32. The van der Waals surface area contributed by atoms with Crippen molar-refractivity contribution >= 4 is 17.2 Å². The first-order valence-electron chi connectivity index (χ1n) is 5.22. The molecule has 1 rings (SSSR count). The van der Waals surface area contributed by atoms with Crippen molar-refractivity contribution in [3.63, 3.8) is 0 Å². The van der Waals surface area contributed by atoms with Crippen LogP contribution in [0.25, 0.3) is 0 Å². The van der Waals surface area contributed by atoms with Gasteiger partial charge in [-0.2, -0.15) is 0 Å². The van der Waals surface area contributed by atoms with E-state index >= 15 is 0 Å². The van der Waals surface area contributed by atoms with Crippen LogP contribution in [-0.2, 0) is 0 Å². The van der Waals surface area contributed by atoms with Crippen molar-refractivity contribution in [1.82, 2.24) is 4.90 Å². The van der Waals surface area contributed by atoms with Crippen LogP contribution in [0.5, 0.6) is 0 Å². The maximum atomic E-state index is 5.67. The molecule has 3 heteroatoms. The summed E-state index contributed by atoms with van der Waals surface area (Å²) in [6.45, 7) is 5.36. The van der Waals surface area contributed by atoms with Crippen LogP contribution in [0.1, 0.15) is 39.5 Å². The molecule has 0 aromatic heterocycles. The van der Waals surface area contributed by atoms with Gasteiger partial charge >= 0.3 is 0 Å². The van der Waals surface area contributed by atoms with E-state index in [1.54, 1.807) is 0 Å². The molecule has 1 saturated carbocycles. The van der Waals surface area contributed by atoms with Gasteiger partial charge < -0.3 is 5.73 Å². The molecule has 0 radical (unpaired) electrons. The lowest BCUT2D eigenvalue weighted by molar-refractivity contribution is 0.191. The predicted molar refractivity (Wildman–Crippen MR) is 60.9 cm³/mol. The Bertz CT molecular complexity index is 176. The number of likely N-dealkylation sites (N-methyl/N-ethyl adjacent to an activating group) is 1. The Hall–Kier alpha value is -0.150. The molecule has 0 aliphatic heterocycles. The van der Waals surface area contributed by atoms with Crippen LogP contribution in [-0.4, -0.2) is 28.5 Å². The standard InChI is InChI=1S/C10H20N2S/c1-3-12(8(2)10(11)13)9-6-4-5-7-9/h8-9H,3-7H2,1-2H3,(H2,11,13). The quantitative estimate of drug-likeness (QED) is 0.703. The number of nitrogens with zero attached hydrogens (tertiary/aromatic N) is 1. The van der Waals surface area contributed by atoms with E-state index in [1.165, 1.54) is 25.7 Å². The normalized spacial score (nSPS) is 20.8. The Kier molecular flexibility index (Phi) is 4.13. The SMILES string of the molecule is CCN(C1CCCC1)C(C)C(N)=S.